The third kappa shape index (κ3) is 4.51. The zero-order valence-corrected chi connectivity index (χ0v) is 16.1. The topological polar surface area (TPSA) is 115 Å². The number of para-hydroxylation sites is 1. The van der Waals surface area contributed by atoms with Crippen LogP contribution < -0.4 is 5.43 Å². The summed E-state index contributed by atoms with van der Waals surface area (Å²) >= 11 is 0. The second-order valence-electron chi connectivity index (χ2n) is 6.42. The Labute approximate surface area is 176 Å². The van der Waals surface area contributed by atoms with E-state index in [2.05, 4.69) is 20.6 Å². The number of hydrogen-bond acceptors (Lipinski definition) is 6. The zero-order chi connectivity index (χ0) is 21.6. The summed E-state index contributed by atoms with van der Waals surface area (Å²) in [5.41, 5.74) is 4.33. The number of hydrazone groups is 1. The Morgan fingerprint density at radius 3 is 2.42 bits per heavy atom. The number of nitrogens with one attached hydrogen (secondary N) is 1. The Morgan fingerprint density at radius 2 is 1.71 bits per heavy atom. The van der Waals surface area contributed by atoms with Crippen molar-refractivity contribution in [3.8, 4) is 17.1 Å². The standard InChI is InChI=1S/C22H16N6O3/c29-22(25-23-15-16-8-7-13-19(14-16)28(30)31)20-24-21(17-9-3-1-4-10-17)27(26-20)18-11-5-2-6-12-18/h1-15H,(H,25,29)/b23-15-. The molecular weight excluding hydrogens is 396 g/mol. The third-order valence-electron chi connectivity index (χ3n) is 4.30. The molecule has 1 amide bonds. The second kappa shape index (κ2) is 8.78. The molecule has 3 aromatic carbocycles. The van der Waals surface area contributed by atoms with E-state index in [1.807, 2.05) is 60.7 Å². The van der Waals surface area contributed by atoms with Crippen molar-refractivity contribution in [2.45, 2.75) is 0 Å². The van der Waals surface area contributed by atoms with Crippen molar-refractivity contribution in [3.05, 3.63) is 106 Å². The molecule has 1 aromatic heterocycles. The summed E-state index contributed by atoms with van der Waals surface area (Å²) < 4.78 is 1.59. The Hall–Kier alpha value is -4.66. The molecule has 0 aliphatic heterocycles. The summed E-state index contributed by atoms with van der Waals surface area (Å²) in [6, 6.07) is 24.7. The maximum atomic E-state index is 12.6. The summed E-state index contributed by atoms with van der Waals surface area (Å²) in [4.78, 5) is 27.3. The van der Waals surface area contributed by atoms with Gasteiger partial charge < -0.3 is 0 Å². The summed E-state index contributed by atoms with van der Waals surface area (Å²) in [6.45, 7) is 0. The van der Waals surface area contributed by atoms with E-state index in [9.17, 15) is 14.9 Å². The molecule has 0 bridgehead atoms. The van der Waals surface area contributed by atoms with Crippen LogP contribution in [0.3, 0.4) is 0 Å². The Balaban J connectivity index is 1.59. The molecule has 9 nitrogen and oxygen atoms in total. The Morgan fingerprint density at radius 1 is 1.00 bits per heavy atom. The SMILES string of the molecule is O=C(N/N=C\c1cccc([N+](=O)[O-])c1)c1nc(-c2ccccc2)n(-c2ccccc2)n1. The van der Waals surface area contributed by atoms with Gasteiger partial charge in [0.15, 0.2) is 5.82 Å². The first-order chi connectivity index (χ1) is 15.1. The van der Waals surface area contributed by atoms with Crippen LogP contribution in [0.2, 0.25) is 0 Å². The van der Waals surface area contributed by atoms with Crippen LogP contribution in [-0.4, -0.2) is 31.8 Å². The van der Waals surface area contributed by atoms with Gasteiger partial charge in [0.2, 0.25) is 5.82 Å². The van der Waals surface area contributed by atoms with E-state index in [1.165, 1.54) is 24.4 Å². The van der Waals surface area contributed by atoms with Crippen LogP contribution in [0, 0.1) is 10.1 Å². The highest BCUT2D eigenvalue weighted by Gasteiger charge is 2.18. The van der Waals surface area contributed by atoms with Crippen molar-refractivity contribution in [1.82, 2.24) is 20.2 Å². The van der Waals surface area contributed by atoms with Gasteiger partial charge in [-0.3, -0.25) is 14.9 Å². The van der Waals surface area contributed by atoms with Crippen molar-refractivity contribution in [3.63, 3.8) is 0 Å². The predicted molar refractivity (Wildman–Crippen MR) is 115 cm³/mol. The van der Waals surface area contributed by atoms with E-state index in [1.54, 1.807) is 10.7 Å². The normalized spacial score (nSPS) is 10.8. The van der Waals surface area contributed by atoms with Gasteiger partial charge in [-0.25, -0.2) is 15.1 Å². The van der Waals surface area contributed by atoms with E-state index in [-0.39, 0.29) is 11.5 Å². The molecule has 9 heteroatoms. The van der Waals surface area contributed by atoms with Crippen LogP contribution in [-0.2, 0) is 0 Å². The number of carbonyl (C=O) groups excluding carboxylic acids is 1. The third-order valence-corrected chi connectivity index (χ3v) is 4.30. The molecule has 4 aromatic rings. The molecule has 0 aliphatic rings. The number of benzene rings is 3. The minimum Gasteiger partial charge on any atom is -0.264 e. The Kier molecular flexibility index (Phi) is 5.57. The molecule has 0 fully saturated rings. The number of amides is 1. The van der Waals surface area contributed by atoms with Crippen molar-refractivity contribution in [2.24, 2.45) is 5.10 Å². The molecule has 0 saturated heterocycles. The zero-order valence-electron chi connectivity index (χ0n) is 16.1. The van der Waals surface area contributed by atoms with Crippen LogP contribution in [0.4, 0.5) is 5.69 Å². The van der Waals surface area contributed by atoms with E-state index in [0.29, 0.717) is 11.4 Å². The predicted octanol–water partition coefficient (Wildman–Crippen LogP) is 3.61. The van der Waals surface area contributed by atoms with Crippen LogP contribution in [0.5, 0.6) is 0 Å². The average Bonchev–Trinajstić information content (AvgIpc) is 3.26. The van der Waals surface area contributed by atoms with Gasteiger partial charge >= 0.3 is 5.91 Å². The van der Waals surface area contributed by atoms with Gasteiger partial charge in [0, 0.05) is 23.3 Å². The summed E-state index contributed by atoms with van der Waals surface area (Å²) in [5.74, 6) is -0.146. The van der Waals surface area contributed by atoms with Gasteiger partial charge in [-0.2, -0.15) is 5.10 Å². The van der Waals surface area contributed by atoms with Crippen molar-refractivity contribution < 1.29 is 9.72 Å². The molecule has 1 N–H and O–H groups in total. The molecule has 0 atom stereocenters. The lowest BCUT2D eigenvalue weighted by Crippen LogP contribution is -2.19. The van der Waals surface area contributed by atoms with E-state index >= 15 is 0 Å². The summed E-state index contributed by atoms with van der Waals surface area (Å²) in [5, 5.41) is 19.1. The lowest BCUT2D eigenvalue weighted by molar-refractivity contribution is -0.384. The molecule has 152 valence electrons. The lowest BCUT2D eigenvalue weighted by atomic mass is 10.2. The van der Waals surface area contributed by atoms with Gasteiger partial charge in [-0.1, -0.05) is 60.7 Å². The van der Waals surface area contributed by atoms with Crippen molar-refractivity contribution in [1.29, 1.82) is 0 Å². The number of nitro benzene ring substituents is 1. The fraction of sp³-hybridized carbons (Fsp3) is 0. The molecule has 0 radical (unpaired) electrons. The fourth-order valence-electron chi connectivity index (χ4n) is 2.87. The van der Waals surface area contributed by atoms with E-state index in [4.69, 9.17) is 0 Å². The van der Waals surface area contributed by atoms with Gasteiger partial charge in [-0.15, -0.1) is 5.10 Å². The van der Waals surface area contributed by atoms with Gasteiger partial charge in [0.25, 0.3) is 5.69 Å². The molecule has 0 aliphatic carbocycles. The molecule has 0 saturated carbocycles. The minimum absolute atomic E-state index is 0.0566. The molecule has 31 heavy (non-hydrogen) atoms. The smallest absolute Gasteiger partial charge is 0.264 e. The van der Waals surface area contributed by atoms with Crippen LogP contribution >= 0.6 is 0 Å². The second-order valence-corrected chi connectivity index (χ2v) is 6.42. The van der Waals surface area contributed by atoms with Crippen molar-refractivity contribution in [2.75, 3.05) is 0 Å². The van der Waals surface area contributed by atoms with Crippen LogP contribution in [0.25, 0.3) is 17.1 Å². The van der Waals surface area contributed by atoms with Crippen LogP contribution in [0.1, 0.15) is 16.2 Å². The molecule has 4 rings (SSSR count). The number of hydrogen-bond donors (Lipinski definition) is 1. The molecule has 1 heterocycles. The Bertz CT molecular complexity index is 1200. The highest BCUT2D eigenvalue weighted by molar-refractivity contribution is 5.92. The monoisotopic (exact) mass is 412 g/mol. The van der Waals surface area contributed by atoms with E-state index in [0.717, 1.165) is 11.3 Å². The minimum atomic E-state index is -0.603. The first kappa shape index (κ1) is 19.6. The van der Waals surface area contributed by atoms with Gasteiger partial charge in [-0.05, 0) is 12.1 Å². The number of carbonyl (C=O) groups is 1. The number of aromatic nitrogens is 3. The highest BCUT2D eigenvalue weighted by atomic mass is 16.6. The van der Waals surface area contributed by atoms with Gasteiger partial charge in [0.05, 0.1) is 16.8 Å². The van der Waals surface area contributed by atoms with Crippen LogP contribution in [0.15, 0.2) is 90.0 Å². The summed E-state index contributed by atoms with van der Waals surface area (Å²) in [7, 11) is 0. The maximum Gasteiger partial charge on any atom is 0.311 e. The number of nitro groups is 1. The molecule has 0 spiro atoms. The molecular formula is C22H16N6O3. The van der Waals surface area contributed by atoms with Gasteiger partial charge in [0.1, 0.15) is 0 Å². The van der Waals surface area contributed by atoms with Crippen molar-refractivity contribution >= 4 is 17.8 Å². The van der Waals surface area contributed by atoms with E-state index < -0.39 is 10.8 Å². The number of rotatable bonds is 6. The maximum absolute atomic E-state index is 12.6. The first-order valence-corrected chi connectivity index (χ1v) is 9.27. The number of nitrogens with zero attached hydrogens (tertiary/aromatic N) is 5. The fourth-order valence-corrected chi connectivity index (χ4v) is 2.87. The largest absolute Gasteiger partial charge is 0.311 e. The summed E-state index contributed by atoms with van der Waals surface area (Å²) in [6.07, 6.45) is 1.32. The highest BCUT2D eigenvalue weighted by Crippen LogP contribution is 2.21. The quantitative estimate of drug-likeness (QED) is 0.295. The first-order valence-electron chi connectivity index (χ1n) is 9.27. The number of non-ortho nitro benzene ring substituents is 1. The lowest BCUT2D eigenvalue weighted by Gasteiger charge is -2.05. The average molecular weight is 412 g/mol. The molecule has 0 unspecified atom stereocenters.